The standard InChI is InChI=1S/C53H66F4N4O17S2.C26H34F2N2O8S.CH3I/c1-5-75-51(62)37(3)31-39-33-45(54)49(46(55)34-39)77-41-7-11-43(12-8-41)79(65,66)60-17-21-71-25-29-73-27-23-69-19-15-58-53(64)59-16-20-70-24-28-74-30-26-72-22-18-61-80(67,68)44-13-9-42(10-14-44)78-50-47(56)35-40(36-48(50)57)32-38(4)52(63)76-6-2;1-3-37-26(31)19(2)16-20-17-23(27)25(24(28)18-20)38-21-4-6-22(7-5-21)39(32,33)30-9-11-35-13-15-36-14-12-34-10-8-29;1-2/h7-14,31-36,60-61H,5-6,15-30H2,1-4H3,(H2,58,59,64);4-7,16-18,30H,3,8-15,29H2,1-2H3;1H3/b37-31+,38-32+;19-16+;/i;;1D. The van der Waals surface area contributed by atoms with Gasteiger partial charge in [0.2, 0.25) is 30.1 Å². The second-order valence-corrected chi connectivity index (χ2v) is 29.8. The number of nitrogens with two attached hydrogens (primary N) is 1. The third-order valence-electron chi connectivity index (χ3n) is 15.2. The molecule has 0 spiro atoms. The summed E-state index contributed by atoms with van der Waals surface area (Å²) < 4.78 is 256. The number of carbonyl (C=O) groups is 4. The Hall–Kier alpha value is -8.74. The summed E-state index contributed by atoms with van der Waals surface area (Å²) in [5.41, 5.74) is 6.05. The Morgan fingerprint density at radius 2 is 0.570 bits per heavy atom. The van der Waals surface area contributed by atoms with Gasteiger partial charge in [0.1, 0.15) is 17.2 Å². The first-order chi connectivity index (χ1) is 58.4. The lowest BCUT2D eigenvalue weighted by molar-refractivity contribution is -0.139. The van der Waals surface area contributed by atoms with Crippen LogP contribution in [0.4, 0.5) is 31.1 Å². The molecule has 6 rings (SSSR count). The van der Waals surface area contributed by atoms with Crippen LogP contribution in [0, 0.1) is 34.9 Å². The third kappa shape index (κ3) is 40.9. The van der Waals surface area contributed by atoms with Crippen molar-refractivity contribution in [2.75, 3.05) is 183 Å². The Labute approximate surface area is 715 Å². The van der Waals surface area contributed by atoms with E-state index in [0.717, 1.165) is 36.4 Å². The van der Waals surface area contributed by atoms with E-state index in [1.54, 1.807) is 20.8 Å². The molecule has 0 aliphatic carbocycles. The zero-order valence-electron chi connectivity index (χ0n) is 68.6. The summed E-state index contributed by atoms with van der Waals surface area (Å²) >= 11 is 1.96. The van der Waals surface area contributed by atoms with E-state index < -0.39 is 106 Å². The van der Waals surface area contributed by atoms with Crippen LogP contribution in [0.15, 0.2) is 141 Å². The first-order valence-electron chi connectivity index (χ1n) is 38.3. The summed E-state index contributed by atoms with van der Waals surface area (Å²) in [7, 11) is -11.7. The van der Waals surface area contributed by atoms with Crippen molar-refractivity contribution < 1.29 is 143 Å². The maximum absolute atomic E-state index is 14.7. The Morgan fingerprint density at radius 1 is 0.364 bits per heavy atom. The van der Waals surface area contributed by atoms with Crippen LogP contribution in [0.5, 0.6) is 34.5 Å². The minimum Gasteiger partial charge on any atom is -0.463 e. The number of esters is 3. The van der Waals surface area contributed by atoms with Gasteiger partial charge in [0.05, 0.1) is 153 Å². The summed E-state index contributed by atoms with van der Waals surface area (Å²) in [6.07, 6.45) is 3.84. The number of sulfonamides is 3. The highest BCUT2D eigenvalue weighted by atomic mass is 127. The molecule has 2 amide bonds. The van der Waals surface area contributed by atoms with E-state index in [2.05, 4.69) is 24.8 Å². The highest BCUT2D eigenvalue weighted by Gasteiger charge is 2.22. The third-order valence-corrected chi connectivity index (χ3v) is 19.7. The molecule has 121 heavy (non-hydrogen) atoms. The quantitative estimate of drug-likeness (QED) is 0.00393. The van der Waals surface area contributed by atoms with Gasteiger partial charge in [-0.25, -0.2) is 84.9 Å². The maximum Gasteiger partial charge on any atom is 0.333 e. The zero-order valence-corrected chi connectivity index (χ0v) is 72.2. The van der Waals surface area contributed by atoms with Gasteiger partial charge in [0, 0.05) is 57.4 Å². The maximum atomic E-state index is 14.7. The van der Waals surface area contributed by atoms with Gasteiger partial charge in [-0.3, -0.25) is 0 Å². The van der Waals surface area contributed by atoms with E-state index in [0.29, 0.717) is 44.5 Å². The Bertz CT molecular complexity index is 4390. The number of nitrogens with one attached hydrogen (secondary N) is 5. The van der Waals surface area contributed by atoms with E-state index in [9.17, 15) is 70.8 Å². The average molecular weight is 1890 g/mol. The highest BCUT2D eigenvalue weighted by molar-refractivity contribution is 14.1. The Balaban J connectivity index is 0.000000619. The molecule has 0 atom stereocenters. The molecule has 0 unspecified atom stereocenters. The van der Waals surface area contributed by atoms with Crippen molar-refractivity contribution in [3.63, 3.8) is 0 Å². The van der Waals surface area contributed by atoms with Gasteiger partial charge in [-0.2, -0.15) is 0 Å². The lowest BCUT2D eigenvalue weighted by atomic mass is 10.1. The molecule has 6 aromatic rings. The molecule has 0 aliphatic rings. The van der Waals surface area contributed by atoms with Gasteiger partial charge < -0.3 is 87.4 Å². The molecule has 0 radical (unpaired) electrons. The number of halogens is 7. The molecule has 0 bridgehead atoms. The first-order valence-corrected chi connectivity index (χ1v) is 43.5. The molecule has 6 aromatic carbocycles. The summed E-state index contributed by atoms with van der Waals surface area (Å²) in [6.45, 7) is 15.2. The molecular formula is C80H103F6IN6O25S3. The van der Waals surface area contributed by atoms with Crippen molar-refractivity contribution in [1.29, 1.82) is 0 Å². The summed E-state index contributed by atoms with van der Waals surface area (Å²) in [6, 6.07) is 20.5. The SMILES string of the molecule is CCOC(=O)/C(C)=C/c1cc(F)c(Oc2ccc(S(=O)(=O)NCCOCCOCCOCCN)cc2)c(F)c1.CCOC(=O)/C(C)=C/c1cc(F)c(Oc2ccc(S(=O)(=O)NCCOCCOCCOCCNC(=O)NCCOCCOCCOCCNS(=O)(=O)c3ccc(Oc4c(F)cc(/C=C(\C)C(=O)OCC)cc4F)cc3)cc2)c(F)c1.[2H]CI. The van der Waals surface area contributed by atoms with Crippen LogP contribution in [0.1, 0.15) is 59.6 Å². The number of hydrogen-bond donors (Lipinski definition) is 6. The number of urea groups is 1. The molecule has 41 heteroatoms. The predicted octanol–water partition coefficient (Wildman–Crippen LogP) is 10.5. The number of hydrogen-bond acceptors (Lipinski definition) is 26. The minimum atomic E-state index is -3.94. The van der Waals surface area contributed by atoms with Crippen LogP contribution in [-0.4, -0.2) is 232 Å². The molecule has 0 aromatic heterocycles. The molecule has 0 saturated carbocycles. The van der Waals surface area contributed by atoms with Crippen molar-refractivity contribution in [3.8, 4) is 34.5 Å². The topological polar surface area (TPSA) is 395 Å². The zero-order chi connectivity index (χ0) is 89.7. The fourth-order valence-electron chi connectivity index (χ4n) is 9.60. The molecule has 0 fully saturated rings. The first kappa shape index (κ1) is 103. The van der Waals surface area contributed by atoms with Crippen LogP contribution in [0.3, 0.4) is 0 Å². The molecule has 7 N–H and O–H groups in total. The van der Waals surface area contributed by atoms with Crippen LogP contribution >= 0.6 is 22.6 Å². The minimum absolute atomic E-state index is 0.0178. The number of amides is 2. The molecular weight excluding hydrogens is 1780 g/mol. The van der Waals surface area contributed by atoms with Crippen molar-refractivity contribution >= 4 is 94.8 Å². The van der Waals surface area contributed by atoms with Crippen molar-refractivity contribution in [2.24, 2.45) is 5.73 Å². The Kier molecular flexibility index (Phi) is 49.6. The normalized spacial score (nSPS) is 12.0. The number of ether oxygens (including phenoxy) is 15. The molecule has 31 nitrogen and oxygen atoms in total. The van der Waals surface area contributed by atoms with Gasteiger partial charge in [-0.05, 0) is 191 Å². The lowest BCUT2D eigenvalue weighted by Gasteiger charge is -2.11. The van der Waals surface area contributed by atoms with E-state index in [1.807, 2.05) is 22.6 Å². The second kappa shape index (κ2) is 58.3. The van der Waals surface area contributed by atoms with E-state index >= 15 is 0 Å². The second-order valence-electron chi connectivity index (χ2n) is 24.5. The molecule has 0 saturated heterocycles. The number of carbonyl (C=O) groups excluding carboxylic acids is 4. The summed E-state index contributed by atoms with van der Waals surface area (Å²) in [5, 5.41) is 5.29. The largest absolute Gasteiger partial charge is 0.463 e. The fraction of sp³-hybridized carbons (Fsp3) is 0.425. The van der Waals surface area contributed by atoms with E-state index in [1.165, 1.54) is 112 Å². The average Bonchev–Trinajstić information content (AvgIpc) is 0.825. The molecule has 0 aliphatic heterocycles. The fourth-order valence-corrected chi connectivity index (χ4v) is 12.6. The van der Waals surface area contributed by atoms with Gasteiger partial charge in [-0.15, -0.1) is 0 Å². The van der Waals surface area contributed by atoms with Crippen LogP contribution in [0.25, 0.3) is 18.2 Å². The highest BCUT2D eigenvalue weighted by Crippen LogP contribution is 2.34. The number of benzene rings is 6. The van der Waals surface area contributed by atoms with Crippen molar-refractivity contribution in [1.82, 2.24) is 24.8 Å². The van der Waals surface area contributed by atoms with Crippen LogP contribution in [0.2, 0.25) is 0 Å². The van der Waals surface area contributed by atoms with E-state index in [-0.39, 0.29) is 204 Å². The van der Waals surface area contributed by atoms with Crippen LogP contribution < -0.4 is 44.7 Å². The lowest BCUT2D eigenvalue weighted by Crippen LogP contribution is -2.39. The number of rotatable bonds is 56. The van der Waals surface area contributed by atoms with Gasteiger partial charge >= 0.3 is 23.9 Å². The monoisotopic (exact) mass is 1890 g/mol. The van der Waals surface area contributed by atoms with Crippen LogP contribution in [-0.2, 0) is 101 Å². The number of alkyl halides is 1. The molecule has 0 heterocycles. The predicted molar refractivity (Wildman–Crippen MR) is 443 cm³/mol. The van der Waals surface area contributed by atoms with Gasteiger partial charge in [0.15, 0.2) is 52.2 Å². The van der Waals surface area contributed by atoms with Crippen molar-refractivity contribution in [2.45, 2.75) is 56.2 Å². The molecule has 670 valence electrons. The smallest absolute Gasteiger partial charge is 0.333 e. The van der Waals surface area contributed by atoms with Gasteiger partial charge in [0.25, 0.3) is 0 Å². The van der Waals surface area contributed by atoms with E-state index in [4.69, 9.17) is 78.2 Å². The van der Waals surface area contributed by atoms with Crippen molar-refractivity contribution in [3.05, 3.63) is 178 Å². The summed E-state index contributed by atoms with van der Waals surface area (Å²) in [4.78, 5) is 47.5. The summed E-state index contributed by atoms with van der Waals surface area (Å²) in [5.74, 6) is -10.0. The van der Waals surface area contributed by atoms with Gasteiger partial charge in [-0.1, -0.05) is 22.6 Å². The Morgan fingerprint density at radius 3 is 0.785 bits per heavy atom.